The number of rotatable bonds is 5. The Balaban J connectivity index is 2.22. The second kappa shape index (κ2) is 7.22. The summed E-state index contributed by atoms with van der Waals surface area (Å²) < 4.78 is 5.32. The van der Waals surface area contributed by atoms with Crippen LogP contribution in [0.4, 0.5) is 4.79 Å². The molecule has 5 heteroatoms. The van der Waals surface area contributed by atoms with Gasteiger partial charge in [-0.2, -0.15) is 0 Å². The molecule has 0 aliphatic carbocycles. The van der Waals surface area contributed by atoms with Gasteiger partial charge in [0.1, 0.15) is 6.10 Å². The first kappa shape index (κ1) is 15.5. The van der Waals surface area contributed by atoms with Gasteiger partial charge in [0.05, 0.1) is 22.1 Å². The fraction of sp³-hybridized carbons (Fsp3) is 0.375. The van der Waals surface area contributed by atoms with E-state index in [1.165, 1.54) is 11.3 Å². The van der Waals surface area contributed by atoms with E-state index in [9.17, 15) is 4.79 Å². The van der Waals surface area contributed by atoms with Gasteiger partial charge in [-0.25, -0.2) is 9.78 Å². The van der Waals surface area contributed by atoms with E-state index in [1.807, 2.05) is 51.1 Å². The molecule has 0 fully saturated rings. The van der Waals surface area contributed by atoms with Crippen LogP contribution in [0.5, 0.6) is 0 Å². The lowest BCUT2D eigenvalue weighted by Gasteiger charge is -2.20. The summed E-state index contributed by atoms with van der Waals surface area (Å²) in [5, 5.41) is 2.95. The molecule has 0 saturated heterocycles. The molecule has 4 nitrogen and oxygen atoms in total. The quantitative estimate of drug-likeness (QED) is 0.906. The van der Waals surface area contributed by atoms with Crippen LogP contribution in [0, 0.1) is 6.92 Å². The molecule has 2 aromatic rings. The lowest BCUT2D eigenvalue weighted by Crippen LogP contribution is -2.32. The van der Waals surface area contributed by atoms with Crippen LogP contribution in [0.2, 0.25) is 0 Å². The van der Waals surface area contributed by atoms with Crippen LogP contribution in [0.25, 0.3) is 0 Å². The van der Waals surface area contributed by atoms with Crippen molar-refractivity contribution in [2.75, 3.05) is 0 Å². The maximum atomic E-state index is 12.1. The highest BCUT2D eigenvalue weighted by molar-refractivity contribution is 7.09. The summed E-state index contributed by atoms with van der Waals surface area (Å²) in [5.74, 6) is 0. The molecule has 1 aromatic heterocycles. The SMILES string of the molecule is CC[C@H](C)OC(=O)NC(c1ccccc1)c1scnc1C. The van der Waals surface area contributed by atoms with Crippen molar-refractivity contribution in [2.45, 2.75) is 39.3 Å². The Hall–Kier alpha value is -1.88. The predicted molar refractivity (Wildman–Crippen MR) is 84.5 cm³/mol. The fourth-order valence-electron chi connectivity index (χ4n) is 1.95. The summed E-state index contributed by atoms with van der Waals surface area (Å²) in [5.41, 5.74) is 3.74. The highest BCUT2D eigenvalue weighted by Gasteiger charge is 2.21. The molecular formula is C16H20N2O2S. The van der Waals surface area contributed by atoms with E-state index < -0.39 is 6.09 Å². The van der Waals surface area contributed by atoms with E-state index in [0.29, 0.717) is 0 Å². The number of ether oxygens (including phenoxy) is 1. The average Bonchev–Trinajstić information content (AvgIpc) is 2.91. The molecule has 0 aliphatic rings. The van der Waals surface area contributed by atoms with Crippen molar-refractivity contribution in [3.05, 3.63) is 52.0 Å². The molecule has 0 radical (unpaired) electrons. The lowest BCUT2D eigenvalue weighted by atomic mass is 10.0. The topological polar surface area (TPSA) is 51.2 Å². The number of alkyl carbamates (subject to hydrolysis) is 1. The van der Waals surface area contributed by atoms with Crippen molar-refractivity contribution in [3.63, 3.8) is 0 Å². The Morgan fingerprint density at radius 2 is 2.10 bits per heavy atom. The summed E-state index contributed by atoms with van der Waals surface area (Å²) in [6.07, 6.45) is 0.304. The van der Waals surface area contributed by atoms with Gasteiger partial charge in [-0.05, 0) is 25.8 Å². The van der Waals surface area contributed by atoms with E-state index in [4.69, 9.17) is 4.74 Å². The largest absolute Gasteiger partial charge is 0.447 e. The summed E-state index contributed by atoms with van der Waals surface area (Å²) in [7, 11) is 0. The summed E-state index contributed by atoms with van der Waals surface area (Å²) >= 11 is 1.54. The third-order valence-corrected chi connectivity index (χ3v) is 4.32. The van der Waals surface area contributed by atoms with E-state index in [-0.39, 0.29) is 12.1 Å². The number of nitrogens with one attached hydrogen (secondary N) is 1. The fourth-order valence-corrected chi connectivity index (χ4v) is 2.83. The van der Waals surface area contributed by atoms with Crippen molar-refractivity contribution in [2.24, 2.45) is 0 Å². The zero-order valence-electron chi connectivity index (χ0n) is 12.5. The summed E-state index contributed by atoms with van der Waals surface area (Å²) in [4.78, 5) is 17.4. The molecule has 1 heterocycles. The zero-order valence-corrected chi connectivity index (χ0v) is 13.3. The van der Waals surface area contributed by atoms with Gasteiger partial charge in [0, 0.05) is 0 Å². The van der Waals surface area contributed by atoms with Crippen LogP contribution in [0.3, 0.4) is 0 Å². The second-order valence-corrected chi connectivity index (χ2v) is 5.80. The van der Waals surface area contributed by atoms with Gasteiger partial charge in [0.2, 0.25) is 0 Å². The molecule has 21 heavy (non-hydrogen) atoms. The predicted octanol–water partition coefficient (Wildman–Crippen LogP) is 4.07. The van der Waals surface area contributed by atoms with Gasteiger partial charge in [-0.1, -0.05) is 37.3 Å². The number of hydrogen-bond donors (Lipinski definition) is 1. The van der Waals surface area contributed by atoms with Crippen molar-refractivity contribution < 1.29 is 9.53 Å². The molecular weight excluding hydrogens is 284 g/mol. The van der Waals surface area contributed by atoms with Crippen LogP contribution >= 0.6 is 11.3 Å². The van der Waals surface area contributed by atoms with Crippen molar-refractivity contribution >= 4 is 17.4 Å². The van der Waals surface area contributed by atoms with E-state index in [1.54, 1.807) is 5.51 Å². The standard InChI is InChI=1S/C16H20N2O2S/c1-4-11(2)20-16(19)18-14(13-8-6-5-7-9-13)15-12(3)17-10-21-15/h5-11,14H,4H2,1-3H3,(H,18,19)/t11-,14?/m0/s1. The number of hydrogen-bond acceptors (Lipinski definition) is 4. The van der Waals surface area contributed by atoms with E-state index in [2.05, 4.69) is 10.3 Å². The van der Waals surface area contributed by atoms with Gasteiger partial charge in [0.25, 0.3) is 0 Å². The van der Waals surface area contributed by atoms with Gasteiger partial charge >= 0.3 is 6.09 Å². The van der Waals surface area contributed by atoms with Crippen molar-refractivity contribution in [3.8, 4) is 0 Å². The molecule has 0 bridgehead atoms. The van der Waals surface area contributed by atoms with Crippen molar-refractivity contribution in [1.82, 2.24) is 10.3 Å². The van der Waals surface area contributed by atoms with Gasteiger partial charge in [0.15, 0.2) is 0 Å². The van der Waals surface area contributed by atoms with Crippen LogP contribution in [0.1, 0.15) is 42.4 Å². The number of carbonyl (C=O) groups excluding carboxylic acids is 1. The molecule has 0 saturated carbocycles. The van der Waals surface area contributed by atoms with Gasteiger partial charge < -0.3 is 10.1 Å². The number of thiazole rings is 1. The number of benzene rings is 1. The molecule has 1 N–H and O–H groups in total. The average molecular weight is 304 g/mol. The first-order chi connectivity index (χ1) is 10.1. The molecule has 112 valence electrons. The first-order valence-corrected chi connectivity index (χ1v) is 7.91. The highest BCUT2D eigenvalue weighted by Crippen LogP contribution is 2.28. The van der Waals surface area contributed by atoms with Crippen LogP contribution in [-0.2, 0) is 4.74 Å². The van der Waals surface area contributed by atoms with Crippen LogP contribution < -0.4 is 5.32 Å². The number of aromatic nitrogens is 1. The summed E-state index contributed by atoms with van der Waals surface area (Å²) in [6.45, 7) is 5.82. The molecule has 1 unspecified atom stereocenters. The van der Waals surface area contributed by atoms with Crippen LogP contribution in [-0.4, -0.2) is 17.2 Å². The molecule has 0 spiro atoms. The molecule has 0 aliphatic heterocycles. The second-order valence-electron chi connectivity index (χ2n) is 4.91. The third-order valence-electron chi connectivity index (χ3n) is 3.32. The minimum Gasteiger partial charge on any atom is -0.447 e. The number of amides is 1. The molecule has 2 atom stereocenters. The third kappa shape index (κ3) is 4.04. The van der Waals surface area contributed by atoms with E-state index >= 15 is 0 Å². The lowest BCUT2D eigenvalue weighted by molar-refractivity contribution is 0.103. The van der Waals surface area contributed by atoms with Gasteiger partial charge in [-0.3, -0.25) is 0 Å². The number of aryl methyl sites for hydroxylation is 1. The smallest absolute Gasteiger partial charge is 0.408 e. The zero-order chi connectivity index (χ0) is 15.2. The Bertz CT molecular complexity index is 583. The molecule has 1 amide bonds. The van der Waals surface area contributed by atoms with Crippen LogP contribution in [0.15, 0.2) is 35.8 Å². The Kier molecular flexibility index (Phi) is 5.33. The maximum absolute atomic E-state index is 12.1. The van der Waals surface area contributed by atoms with E-state index in [0.717, 1.165) is 22.6 Å². The normalized spacial score (nSPS) is 13.5. The monoisotopic (exact) mass is 304 g/mol. The Morgan fingerprint density at radius 3 is 2.67 bits per heavy atom. The maximum Gasteiger partial charge on any atom is 0.408 e. The highest BCUT2D eigenvalue weighted by atomic mass is 32.1. The summed E-state index contributed by atoms with van der Waals surface area (Å²) in [6, 6.07) is 9.63. The number of nitrogens with zero attached hydrogens (tertiary/aromatic N) is 1. The minimum atomic E-state index is -0.397. The Labute approximate surface area is 129 Å². The number of carbonyl (C=O) groups is 1. The first-order valence-electron chi connectivity index (χ1n) is 7.03. The van der Waals surface area contributed by atoms with Gasteiger partial charge in [-0.15, -0.1) is 11.3 Å². The van der Waals surface area contributed by atoms with Crippen molar-refractivity contribution in [1.29, 1.82) is 0 Å². The minimum absolute atomic E-state index is 0.0935. The molecule has 2 rings (SSSR count). The Morgan fingerprint density at radius 1 is 1.38 bits per heavy atom. The molecule has 1 aromatic carbocycles.